The minimum Gasteiger partial charge on any atom is -0.384 e. The van der Waals surface area contributed by atoms with Crippen LogP contribution < -0.4 is 5.73 Å². The fourth-order valence-corrected chi connectivity index (χ4v) is 3.78. The molecule has 4 aromatic rings. The van der Waals surface area contributed by atoms with E-state index in [4.69, 9.17) is 5.73 Å². The number of aromatic nitrogens is 1. The van der Waals surface area contributed by atoms with Gasteiger partial charge in [0.25, 0.3) is 0 Å². The molecule has 96 valence electrons. The van der Waals surface area contributed by atoms with Crippen LogP contribution in [-0.4, -0.2) is 4.98 Å². The Balaban J connectivity index is 2.10. The van der Waals surface area contributed by atoms with E-state index in [1.54, 1.807) is 0 Å². The topological polar surface area (TPSA) is 38.9 Å². The van der Waals surface area contributed by atoms with E-state index in [0.29, 0.717) is 5.82 Å². The van der Waals surface area contributed by atoms with E-state index in [0.717, 1.165) is 11.3 Å². The highest BCUT2D eigenvalue weighted by Crippen LogP contribution is 2.39. The Hall–Kier alpha value is -2.39. The first-order valence-electron chi connectivity index (χ1n) is 6.46. The predicted molar refractivity (Wildman–Crippen MR) is 87.0 cm³/mol. The van der Waals surface area contributed by atoms with Gasteiger partial charge in [-0.2, -0.15) is 0 Å². The third-order valence-corrected chi connectivity index (χ3v) is 4.67. The highest BCUT2D eigenvalue weighted by atomic mass is 32.1. The third-order valence-electron chi connectivity index (χ3n) is 3.45. The van der Waals surface area contributed by atoms with Gasteiger partial charge in [0, 0.05) is 25.7 Å². The van der Waals surface area contributed by atoms with E-state index in [2.05, 4.69) is 47.4 Å². The van der Waals surface area contributed by atoms with Gasteiger partial charge in [-0.25, -0.2) is 4.98 Å². The molecule has 0 spiro atoms. The van der Waals surface area contributed by atoms with Crippen LogP contribution in [0, 0.1) is 0 Å². The molecule has 0 fully saturated rings. The summed E-state index contributed by atoms with van der Waals surface area (Å²) in [6.07, 6.45) is 0. The molecule has 0 saturated heterocycles. The van der Waals surface area contributed by atoms with E-state index >= 15 is 0 Å². The summed E-state index contributed by atoms with van der Waals surface area (Å²) >= 11 is 1.81. The lowest BCUT2D eigenvalue weighted by molar-refractivity contribution is 1.34. The molecular weight excluding hydrogens is 264 g/mol. The van der Waals surface area contributed by atoms with Crippen LogP contribution in [0.15, 0.2) is 60.7 Å². The van der Waals surface area contributed by atoms with E-state index in [-0.39, 0.29) is 0 Å². The average molecular weight is 276 g/mol. The number of nitrogens with two attached hydrogens (primary N) is 1. The van der Waals surface area contributed by atoms with E-state index in [1.165, 1.54) is 20.2 Å². The van der Waals surface area contributed by atoms with Crippen molar-refractivity contribution in [2.45, 2.75) is 0 Å². The molecule has 3 heteroatoms. The summed E-state index contributed by atoms with van der Waals surface area (Å²) in [5, 5.41) is 2.59. The Morgan fingerprint density at radius 3 is 2.50 bits per heavy atom. The lowest BCUT2D eigenvalue weighted by Gasteiger charge is -2.03. The molecule has 2 N–H and O–H groups in total. The first-order chi connectivity index (χ1) is 9.83. The number of rotatable bonds is 1. The fourth-order valence-electron chi connectivity index (χ4n) is 2.55. The molecular formula is C17H12N2S. The third kappa shape index (κ3) is 1.67. The van der Waals surface area contributed by atoms with E-state index in [9.17, 15) is 0 Å². The maximum absolute atomic E-state index is 5.81. The SMILES string of the molecule is Nc1cccc(-c2cccc3c2sc2ccccc23)n1. The van der Waals surface area contributed by atoms with E-state index in [1.807, 2.05) is 29.5 Å². The van der Waals surface area contributed by atoms with Crippen molar-refractivity contribution in [3.05, 3.63) is 60.7 Å². The summed E-state index contributed by atoms with van der Waals surface area (Å²) in [5.41, 5.74) is 7.89. The summed E-state index contributed by atoms with van der Waals surface area (Å²) in [6.45, 7) is 0. The number of thiophene rings is 1. The van der Waals surface area contributed by atoms with Gasteiger partial charge in [-0.3, -0.25) is 0 Å². The molecule has 0 unspecified atom stereocenters. The first kappa shape index (κ1) is 11.4. The van der Waals surface area contributed by atoms with Crippen molar-refractivity contribution in [2.24, 2.45) is 0 Å². The van der Waals surface area contributed by atoms with Crippen LogP contribution in [0.3, 0.4) is 0 Å². The maximum atomic E-state index is 5.81. The van der Waals surface area contributed by atoms with Crippen LogP contribution in [0.1, 0.15) is 0 Å². The second-order valence-electron chi connectivity index (χ2n) is 4.73. The lowest BCUT2D eigenvalue weighted by Crippen LogP contribution is -1.91. The number of hydrogen-bond acceptors (Lipinski definition) is 3. The normalized spacial score (nSPS) is 11.2. The van der Waals surface area contributed by atoms with Gasteiger partial charge in [-0.1, -0.05) is 42.5 Å². The zero-order valence-corrected chi connectivity index (χ0v) is 11.5. The fraction of sp³-hybridized carbons (Fsp3) is 0. The lowest BCUT2D eigenvalue weighted by atomic mass is 10.1. The van der Waals surface area contributed by atoms with Crippen LogP contribution in [0.25, 0.3) is 31.4 Å². The number of fused-ring (bicyclic) bond motifs is 3. The van der Waals surface area contributed by atoms with Gasteiger partial charge in [-0.05, 0) is 18.2 Å². The van der Waals surface area contributed by atoms with Gasteiger partial charge in [-0.15, -0.1) is 11.3 Å². The Morgan fingerprint density at radius 1 is 0.800 bits per heavy atom. The van der Waals surface area contributed by atoms with Crippen molar-refractivity contribution < 1.29 is 0 Å². The molecule has 0 radical (unpaired) electrons. The van der Waals surface area contributed by atoms with Gasteiger partial charge < -0.3 is 5.73 Å². The molecule has 0 bridgehead atoms. The van der Waals surface area contributed by atoms with Crippen LogP contribution in [0.2, 0.25) is 0 Å². The summed E-state index contributed by atoms with van der Waals surface area (Å²) < 4.78 is 2.57. The summed E-state index contributed by atoms with van der Waals surface area (Å²) in [7, 11) is 0. The number of anilines is 1. The number of benzene rings is 2. The maximum Gasteiger partial charge on any atom is 0.124 e. The average Bonchev–Trinajstić information content (AvgIpc) is 2.86. The molecule has 2 aromatic carbocycles. The van der Waals surface area contributed by atoms with Crippen molar-refractivity contribution in [3.63, 3.8) is 0 Å². The molecule has 0 aliphatic heterocycles. The zero-order valence-electron chi connectivity index (χ0n) is 10.7. The Morgan fingerprint density at radius 2 is 1.60 bits per heavy atom. The summed E-state index contributed by atoms with van der Waals surface area (Å²) in [6, 6.07) is 20.6. The molecule has 4 rings (SSSR count). The van der Waals surface area contributed by atoms with Gasteiger partial charge in [0.15, 0.2) is 0 Å². The Bertz CT molecular complexity index is 924. The first-order valence-corrected chi connectivity index (χ1v) is 7.28. The molecule has 0 amide bonds. The monoisotopic (exact) mass is 276 g/mol. The van der Waals surface area contributed by atoms with Crippen molar-refractivity contribution in [2.75, 3.05) is 5.73 Å². The number of nitrogen functional groups attached to an aromatic ring is 1. The minimum atomic E-state index is 0.556. The summed E-state index contributed by atoms with van der Waals surface area (Å²) in [4.78, 5) is 4.45. The van der Waals surface area contributed by atoms with Crippen molar-refractivity contribution >= 4 is 37.3 Å². The zero-order chi connectivity index (χ0) is 13.5. The highest BCUT2D eigenvalue weighted by Gasteiger charge is 2.10. The van der Waals surface area contributed by atoms with E-state index < -0.39 is 0 Å². The Labute approximate surface area is 120 Å². The molecule has 0 atom stereocenters. The molecule has 0 aliphatic carbocycles. The molecule has 2 heterocycles. The smallest absolute Gasteiger partial charge is 0.124 e. The quantitative estimate of drug-likeness (QED) is 0.547. The second-order valence-corrected chi connectivity index (χ2v) is 5.78. The molecule has 0 saturated carbocycles. The number of hydrogen-bond donors (Lipinski definition) is 1. The van der Waals surface area contributed by atoms with Gasteiger partial charge in [0.1, 0.15) is 5.82 Å². The molecule has 20 heavy (non-hydrogen) atoms. The van der Waals surface area contributed by atoms with Crippen molar-refractivity contribution in [1.29, 1.82) is 0 Å². The van der Waals surface area contributed by atoms with Gasteiger partial charge in [0.2, 0.25) is 0 Å². The number of nitrogens with zero attached hydrogens (tertiary/aromatic N) is 1. The second kappa shape index (κ2) is 4.32. The predicted octanol–water partition coefficient (Wildman–Crippen LogP) is 4.70. The molecule has 2 nitrogen and oxygen atoms in total. The Kier molecular flexibility index (Phi) is 2.47. The highest BCUT2D eigenvalue weighted by molar-refractivity contribution is 7.26. The standard InChI is InChI=1S/C17H12N2S/c18-16-10-4-8-14(19-16)13-7-3-6-12-11-5-1-2-9-15(11)20-17(12)13/h1-10H,(H2,18,19). The van der Waals surface area contributed by atoms with Gasteiger partial charge in [0.05, 0.1) is 5.69 Å². The van der Waals surface area contributed by atoms with Crippen LogP contribution in [-0.2, 0) is 0 Å². The number of pyridine rings is 1. The minimum absolute atomic E-state index is 0.556. The van der Waals surface area contributed by atoms with Crippen LogP contribution in [0.4, 0.5) is 5.82 Å². The molecule has 2 aromatic heterocycles. The van der Waals surface area contributed by atoms with Gasteiger partial charge >= 0.3 is 0 Å². The molecule has 0 aliphatic rings. The van der Waals surface area contributed by atoms with Crippen LogP contribution >= 0.6 is 11.3 Å². The van der Waals surface area contributed by atoms with Crippen LogP contribution in [0.5, 0.6) is 0 Å². The van der Waals surface area contributed by atoms with Crippen molar-refractivity contribution in [3.8, 4) is 11.3 Å². The van der Waals surface area contributed by atoms with Crippen molar-refractivity contribution in [1.82, 2.24) is 4.98 Å². The largest absolute Gasteiger partial charge is 0.384 e. The summed E-state index contributed by atoms with van der Waals surface area (Å²) in [5.74, 6) is 0.556.